The molecule has 1 heterocycles. The molecule has 19 heavy (non-hydrogen) atoms. The average molecular weight is 260 g/mol. The molecule has 98 valence electrons. The van der Waals surface area contributed by atoms with Gasteiger partial charge in [-0.05, 0) is 6.07 Å². The van der Waals surface area contributed by atoms with E-state index < -0.39 is 5.63 Å². The zero-order valence-electron chi connectivity index (χ0n) is 10.5. The number of phenolic OH excluding ortho intramolecular Hbond substituents is 1. The molecule has 5 heteroatoms. The van der Waals surface area contributed by atoms with Gasteiger partial charge in [-0.15, -0.1) is 0 Å². The molecule has 1 N–H and O–H groups in total. The number of ether oxygens (including phenoxy) is 1. The largest absolute Gasteiger partial charge is 0.507 e. The van der Waals surface area contributed by atoms with Crippen LogP contribution in [0.5, 0.6) is 11.5 Å². The van der Waals surface area contributed by atoms with Crippen molar-refractivity contribution in [3.8, 4) is 11.5 Å². The van der Waals surface area contributed by atoms with E-state index in [-0.39, 0.29) is 22.8 Å². The second-order valence-corrected chi connectivity index (χ2v) is 4.73. The van der Waals surface area contributed by atoms with Gasteiger partial charge in [0.05, 0.1) is 12.7 Å². The van der Waals surface area contributed by atoms with Crippen LogP contribution in [0.15, 0.2) is 21.3 Å². The quantitative estimate of drug-likeness (QED) is 0.850. The Kier molecular flexibility index (Phi) is 2.38. The fourth-order valence-corrected chi connectivity index (χ4v) is 2.57. The molecule has 0 spiro atoms. The molecule has 1 unspecified atom stereocenters. The number of methoxy groups -OCH3 is 1. The highest BCUT2D eigenvalue weighted by molar-refractivity contribution is 6.12. The Bertz CT molecular complexity index is 757. The lowest BCUT2D eigenvalue weighted by Crippen LogP contribution is -2.06. The van der Waals surface area contributed by atoms with Crippen LogP contribution >= 0.6 is 0 Å². The van der Waals surface area contributed by atoms with Crippen molar-refractivity contribution in [2.75, 3.05) is 7.11 Å². The van der Waals surface area contributed by atoms with Gasteiger partial charge in [-0.2, -0.15) is 0 Å². The van der Waals surface area contributed by atoms with E-state index in [1.165, 1.54) is 13.2 Å². The van der Waals surface area contributed by atoms with E-state index >= 15 is 0 Å². The van der Waals surface area contributed by atoms with Crippen LogP contribution in [0.4, 0.5) is 0 Å². The molecule has 1 aromatic carbocycles. The first-order chi connectivity index (χ1) is 9.02. The monoisotopic (exact) mass is 260 g/mol. The van der Waals surface area contributed by atoms with Crippen LogP contribution in [0.2, 0.25) is 0 Å². The van der Waals surface area contributed by atoms with Gasteiger partial charge in [0, 0.05) is 23.8 Å². The first-order valence-electron chi connectivity index (χ1n) is 5.94. The number of aromatic hydroxyl groups is 1. The zero-order chi connectivity index (χ0) is 13.7. The van der Waals surface area contributed by atoms with Crippen LogP contribution in [0, 0.1) is 0 Å². The van der Waals surface area contributed by atoms with Crippen molar-refractivity contribution >= 4 is 16.6 Å². The highest BCUT2D eigenvalue weighted by Crippen LogP contribution is 2.39. The van der Waals surface area contributed by atoms with Gasteiger partial charge in [0.1, 0.15) is 22.6 Å². The third-order valence-electron chi connectivity index (χ3n) is 3.47. The molecule has 0 saturated heterocycles. The molecule has 1 aromatic heterocycles. The summed E-state index contributed by atoms with van der Waals surface area (Å²) in [6.07, 6.45) is 0.315. The zero-order valence-corrected chi connectivity index (χ0v) is 10.5. The number of carbonyl (C=O) groups is 1. The predicted octanol–water partition coefficient (Wildman–Crippen LogP) is 2.20. The number of Topliss-reactive ketones (excluding diaryl/α,β-unsaturated/α-hetero) is 1. The molecular weight excluding hydrogens is 248 g/mol. The third kappa shape index (κ3) is 1.54. The highest BCUT2D eigenvalue weighted by Gasteiger charge is 2.32. The van der Waals surface area contributed by atoms with E-state index in [0.29, 0.717) is 28.9 Å². The Hall–Kier alpha value is -2.30. The smallest absolute Gasteiger partial charge is 0.347 e. The highest BCUT2D eigenvalue weighted by atomic mass is 16.5. The second kappa shape index (κ2) is 3.85. The van der Waals surface area contributed by atoms with Crippen LogP contribution in [-0.4, -0.2) is 18.0 Å². The van der Waals surface area contributed by atoms with Gasteiger partial charge in [0.2, 0.25) is 0 Å². The number of fused-ring (bicyclic) bond motifs is 3. The summed E-state index contributed by atoms with van der Waals surface area (Å²) < 4.78 is 10.3. The van der Waals surface area contributed by atoms with Gasteiger partial charge >= 0.3 is 5.63 Å². The summed E-state index contributed by atoms with van der Waals surface area (Å²) in [4.78, 5) is 24.0. The molecule has 0 bridgehead atoms. The first kappa shape index (κ1) is 11.8. The minimum absolute atomic E-state index is 0.0296. The number of benzene rings is 1. The molecule has 0 amide bonds. The van der Waals surface area contributed by atoms with Crippen molar-refractivity contribution in [3.05, 3.63) is 33.9 Å². The summed E-state index contributed by atoms with van der Waals surface area (Å²) in [5, 5.41) is 10.3. The summed E-state index contributed by atoms with van der Waals surface area (Å²) in [5.74, 6) is 0.357. The van der Waals surface area contributed by atoms with E-state index in [2.05, 4.69) is 0 Å². The number of hydrogen-bond acceptors (Lipinski definition) is 5. The molecular formula is C14H12O5. The van der Waals surface area contributed by atoms with Crippen LogP contribution < -0.4 is 10.4 Å². The van der Waals surface area contributed by atoms with Crippen molar-refractivity contribution in [2.45, 2.75) is 19.3 Å². The minimum Gasteiger partial charge on any atom is -0.507 e. The van der Waals surface area contributed by atoms with E-state index in [4.69, 9.17) is 9.15 Å². The van der Waals surface area contributed by atoms with Crippen molar-refractivity contribution in [1.82, 2.24) is 0 Å². The predicted molar refractivity (Wildman–Crippen MR) is 68.1 cm³/mol. The maximum Gasteiger partial charge on any atom is 0.347 e. The van der Waals surface area contributed by atoms with E-state index in [0.717, 1.165) is 0 Å². The molecule has 0 saturated carbocycles. The van der Waals surface area contributed by atoms with Gasteiger partial charge in [-0.25, -0.2) is 4.79 Å². The number of rotatable bonds is 1. The summed E-state index contributed by atoms with van der Waals surface area (Å²) in [6, 6.07) is 2.91. The normalized spacial score (nSPS) is 17.8. The topological polar surface area (TPSA) is 76.7 Å². The van der Waals surface area contributed by atoms with Gasteiger partial charge in [0.25, 0.3) is 0 Å². The molecule has 0 aliphatic heterocycles. The number of phenols is 1. The molecule has 1 atom stereocenters. The molecule has 5 nitrogen and oxygen atoms in total. The van der Waals surface area contributed by atoms with Gasteiger partial charge < -0.3 is 14.3 Å². The summed E-state index contributed by atoms with van der Waals surface area (Å²) >= 11 is 0. The van der Waals surface area contributed by atoms with Gasteiger partial charge in [-0.1, -0.05) is 6.92 Å². The summed E-state index contributed by atoms with van der Waals surface area (Å²) in [5.41, 5.74) is -0.244. The minimum atomic E-state index is -0.629. The van der Waals surface area contributed by atoms with Gasteiger partial charge in [0.15, 0.2) is 5.78 Å². The molecule has 2 aromatic rings. The van der Waals surface area contributed by atoms with Crippen LogP contribution in [0.25, 0.3) is 10.8 Å². The fourth-order valence-electron chi connectivity index (χ4n) is 2.57. The maximum atomic E-state index is 12.0. The lowest BCUT2D eigenvalue weighted by atomic mass is 10.0. The van der Waals surface area contributed by atoms with E-state index in [1.807, 2.05) is 6.92 Å². The van der Waals surface area contributed by atoms with Crippen LogP contribution in [-0.2, 0) is 0 Å². The van der Waals surface area contributed by atoms with Gasteiger partial charge in [-0.3, -0.25) is 4.79 Å². The number of hydrogen-bond donors (Lipinski definition) is 1. The van der Waals surface area contributed by atoms with Crippen LogP contribution in [0.3, 0.4) is 0 Å². The Morgan fingerprint density at radius 2 is 2.11 bits per heavy atom. The SMILES string of the molecule is COc1cc(O)c2c(=O)oc3c(c2c1)C(=O)CC3C. The van der Waals surface area contributed by atoms with E-state index in [1.54, 1.807) is 6.07 Å². The fraction of sp³-hybridized carbons (Fsp3) is 0.286. The molecule has 0 fully saturated rings. The second-order valence-electron chi connectivity index (χ2n) is 4.73. The van der Waals surface area contributed by atoms with Crippen molar-refractivity contribution < 1.29 is 19.1 Å². The first-order valence-corrected chi connectivity index (χ1v) is 5.94. The molecule has 1 aliphatic carbocycles. The van der Waals surface area contributed by atoms with Crippen molar-refractivity contribution in [2.24, 2.45) is 0 Å². The average Bonchev–Trinajstić information content (AvgIpc) is 2.64. The lowest BCUT2D eigenvalue weighted by molar-refractivity contribution is 0.0991. The standard InChI is InChI=1S/C14H12O5/c1-6-3-9(15)11-8-4-7(18-2)5-10(16)12(8)14(17)19-13(6)11/h4-6,16H,3H2,1-2H3. The molecule has 0 radical (unpaired) electrons. The Labute approximate surface area is 108 Å². The van der Waals surface area contributed by atoms with E-state index in [9.17, 15) is 14.7 Å². The van der Waals surface area contributed by atoms with Crippen molar-refractivity contribution in [1.29, 1.82) is 0 Å². The number of carbonyl (C=O) groups excluding carboxylic acids is 1. The Morgan fingerprint density at radius 3 is 2.79 bits per heavy atom. The Morgan fingerprint density at radius 1 is 1.37 bits per heavy atom. The van der Waals surface area contributed by atoms with Crippen LogP contribution in [0.1, 0.15) is 35.4 Å². The molecule has 3 rings (SSSR count). The maximum absolute atomic E-state index is 12.0. The third-order valence-corrected chi connectivity index (χ3v) is 3.47. The Balaban J connectivity index is 2.52. The number of ketones is 1. The lowest BCUT2D eigenvalue weighted by Gasteiger charge is -2.08. The summed E-state index contributed by atoms with van der Waals surface area (Å²) in [6.45, 7) is 1.83. The summed E-state index contributed by atoms with van der Waals surface area (Å²) in [7, 11) is 1.46. The van der Waals surface area contributed by atoms with Crippen molar-refractivity contribution in [3.63, 3.8) is 0 Å². The molecule has 1 aliphatic rings.